The maximum absolute atomic E-state index is 12.6. The summed E-state index contributed by atoms with van der Waals surface area (Å²) in [4.78, 5) is 12.6. The fraction of sp³-hybridized carbons (Fsp3) is 0.500. The number of methoxy groups -OCH3 is 1. The minimum atomic E-state index is -0.291. The van der Waals surface area contributed by atoms with E-state index in [-0.39, 0.29) is 11.2 Å². The Morgan fingerprint density at radius 3 is 2.82 bits per heavy atom. The van der Waals surface area contributed by atoms with Crippen LogP contribution in [0, 0.1) is 12.3 Å². The summed E-state index contributed by atoms with van der Waals surface area (Å²) in [5, 5.41) is 3.25. The normalized spacial score (nSPS) is 23.7. The van der Waals surface area contributed by atoms with E-state index in [0.717, 1.165) is 25.1 Å². The Morgan fingerprint density at radius 1 is 1.47 bits per heavy atom. The van der Waals surface area contributed by atoms with Gasteiger partial charge in [-0.2, -0.15) is 0 Å². The van der Waals surface area contributed by atoms with E-state index in [1.54, 1.807) is 7.11 Å². The molecule has 1 N–H and O–H groups in total. The zero-order valence-electron chi connectivity index (χ0n) is 10.7. The second-order valence-corrected chi connectivity index (χ2v) is 5.02. The van der Waals surface area contributed by atoms with Gasteiger partial charge >= 0.3 is 0 Å². The van der Waals surface area contributed by atoms with E-state index < -0.39 is 0 Å². The molecule has 0 aliphatic carbocycles. The predicted octanol–water partition coefficient (Wildman–Crippen LogP) is 2.19. The van der Waals surface area contributed by atoms with Crippen LogP contribution in [-0.2, 0) is 0 Å². The predicted molar refractivity (Wildman–Crippen MR) is 67.7 cm³/mol. The van der Waals surface area contributed by atoms with Gasteiger partial charge in [0.2, 0.25) is 0 Å². The van der Waals surface area contributed by atoms with Crippen molar-refractivity contribution in [1.29, 1.82) is 0 Å². The van der Waals surface area contributed by atoms with Crippen molar-refractivity contribution in [1.82, 2.24) is 5.32 Å². The summed E-state index contributed by atoms with van der Waals surface area (Å²) in [6.07, 6.45) is 0.892. The van der Waals surface area contributed by atoms with Crippen molar-refractivity contribution in [3.8, 4) is 5.75 Å². The lowest BCUT2D eigenvalue weighted by molar-refractivity contribution is 0.0836. The van der Waals surface area contributed by atoms with Crippen LogP contribution in [0.2, 0.25) is 0 Å². The quantitative estimate of drug-likeness (QED) is 0.813. The summed E-state index contributed by atoms with van der Waals surface area (Å²) in [5.74, 6) is 0.858. The van der Waals surface area contributed by atoms with Crippen molar-refractivity contribution < 1.29 is 9.53 Å². The Balaban J connectivity index is 2.39. The van der Waals surface area contributed by atoms with E-state index in [9.17, 15) is 4.79 Å². The molecule has 3 heteroatoms. The maximum atomic E-state index is 12.6. The third-order valence-electron chi connectivity index (χ3n) is 3.52. The zero-order valence-corrected chi connectivity index (χ0v) is 10.7. The third-order valence-corrected chi connectivity index (χ3v) is 3.52. The van der Waals surface area contributed by atoms with Crippen LogP contribution < -0.4 is 10.1 Å². The second kappa shape index (κ2) is 4.49. The molecule has 1 atom stereocenters. The molecule has 2 rings (SSSR count). The molecule has 1 saturated heterocycles. The summed E-state index contributed by atoms with van der Waals surface area (Å²) >= 11 is 0. The van der Waals surface area contributed by atoms with Crippen molar-refractivity contribution >= 4 is 5.78 Å². The standard InChI is InChI=1S/C14H19NO2/c1-10-4-5-12(17-3)11(8-10)13(16)14(2)6-7-15-9-14/h4-5,8,15H,6-7,9H2,1-3H3. The molecule has 1 aromatic rings. The van der Waals surface area contributed by atoms with Crippen LogP contribution in [0.25, 0.3) is 0 Å². The molecule has 0 aromatic heterocycles. The molecule has 0 amide bonds. The molecule has 1 unspecified atom stereocenters. The van der Waals surface area contributed by atoms with Gasteiger partial charge in [0.1, 0.15) is 5.75 Å². The number of hydrogen-bond acceptors (Lipinski definition) is 3. The largest absolute Gasteiger partial charge is 0.496 e. The Bertz CT molecular complexity index is 434. The van der Waals surface area contributed by atoms with Crippen molar-refractivity contribution in [3.05, 3.63) is 29.3 Å². The number of hydrogen-bond donors (Lipinski definition) is 1. The molecule has 0 spiro atoms. The number of carbonyl (C=O) groups excluding carboxylic acids is 1. The van der Waals surface area contributed by atoms with Crippen molar-refractivity contribution in [2.45, 2.75) is 20.3 Å². The van der Waals surface area contributed by atoms with Crippen LogP contribution in [0.3, 0.4) is 0 Å². The van der Waals surface area contributed by atoms with Gasteiger partial charge in [-0.3, -0.25) is 4.79 Å². The van der Waals surface area contributed by atoms with Gasteiger partial charge < -0.3 is 10.1 Å². The molecule has 0 radical (unpaired) electrons. The summed E-state index contributed by atoms with van der Waals surface area (Å²) in [7, 11) is 1.61. The molecular formula is C14H19NO2. The summed E-state index contributed by atoms with van der Waals surface area (Å²) < 4.78 is 5.28. The molecule has 92 valence electrons. The summed E-state index contributed by atoms with van der Waals surface area (Å²) in [6.45, 7) is 5.68. The fourth-order valence-electron chi connectivity index (χ4n) is 2.34. The lowest BCUT2D eigenvalue weighted by Crippen LogP contribution is -2.30. The Kier molecular flexibility index (Phi) is 3.20. The van der Waals surface area contributed by atoms with E-state index in [2.05, 4.69) is 5.32 Å². The number of ketones is 1. The zero-order chi connectivity index (χ0) is 12.5. The van der Waals surface area contributed by atoms with Crippen molar-refractivity contribution in [2.24, 2.45) is 5.41 Å². The summed E-state index contributed by atoms with van der Waals surface area (Å²) in [5.41, 5.74) is 1.50. The first-order chi connectivity index (χ1) is 8.07. The Morgan fingerprint density at radius 2 is 2.24 bits per heavy atom. The molecule has 0 bridgehead atoms. The van der Waals surface area contributed by atoms with Gasteiger partial charge in [-0.15, -0.1) is 0 Å². The molecule has 1 aliphatic heterocycles. The van der Waals surface area contributed by atoms with Gasteiger partial charge in [0.25, 0.3) is 0 Å². The smallest absolute Gasteiger partial charge is 0.173 e. The average Bonchev–Trinajstić information content (AvgIpc) is 2.76. The number of Topliss-reactive ketones (excluding diaryl/α,β-unsaturated/α-hetero) is 1. The number of carbonyl (C=O) groups is 1. The van der Waals surface area contributed by atoms with Crippen molar-refractivity contribution in [3.63, 3.8) is 0 Å². The topological polar surface area (TPSA) is 38.3 Å². The van der Waals surface area contributed by atoms with E-state index in [1.165, 1.54) is 0 Å². The van der Waals surface area contributed by atoms with E-state index >= 15 is 0 Å². The molecule has 3 nitrogen and oxygen atoms in total. The average molecular weight is 233 g/mol. The first-order valence-corrected chi connectivity index (χ1v) is 5.97. The van der Waals surface area contributed by atoms with Gasteiger partial charge in [0, 0.05) is 12.0 Å². The third kappa shape index (κ3) is 2.20. The number of rotatable bonds is 3. The first kappa shape index (κ1) is 12.1. The first-order valence-electron chi connectivity index (χ1n) is 5.97. The van der Waals surface area contributed by atoms with E-state index in [1.807, 2.05) is 32.0 Å². The second-order valence-electron chi connectivity index (χ2n) is 5.02. The van der Waals surface area contributed by atoms with Gasteiger partial charge in [0.05, 0.1) is 12.7 Å². The Labute approximate surface area is 102 Å². The highest BCUT2D eigenvalue weighted by Crippen LogP contribution is 2.33. The minimum Gasteiger partial charge on any atom is -0.496 e. The van der Waals surface area contributed by atoms with Crippen LogP contribution in [-0.4, -0.2) is 26.0 Å². The summed E-state index contributed by atoms with van der Waals surface area (Å²) in [6, 6.07) is 5.75. The molecule has 17 heavy (non-hydrogen) atoms. The van der Waals surface area contributed by atoms with Crippen LogP contribution in [0.5, 0.6) is 5.75 Å². The van der Waals surface area contributed by atoms with E-state index in [4.69, 9.17) is 4.74 Å². The monoisotopic (exact) mass is 233 g/mol. The minimum absolute atomic E-state index is 0.183. The molecule has 1 aliphatic rings. The molecule has 1 aromatic carbocycles. The van der Waals surface area contributed by atoms with Crippen LogP contribution >= 0.6 is 0 Å². The van der Waals surface area contributed by atoms with Crippen LogP contribution in [0.15, 0.2) is 18.2 Å². The SMILES string of the molecule is COc1ccc(C)cc1C(=O)C1(C)CCNC1. The highest BCUT2D eigenvalue weighted by Gasteiger charge is 2.37. The number of benzene rings is 1. The number of nitrogens with one attached hydrogen (secondary N) is 1. The van der Waals surface area contributed by atoms with Gasteiger partial charge in [-0.1, -0.05) is 18.6 Å². The van der Waals surface area contributed by atoms with Gasteiger partial charge in [-0.25, -0.2) is 0 Å². The van der Waals surface area contributed by atoms with Gasteiger partial charge in [-0.05, 0) is 32.0 Å². The molecule has 0 saturated carbocycles. The lowest BCUT2D eigenvalue weighted by Gasteiger charge is -2.22. The van der Waals surface area contributed by atoms with Gasteiger partial charge in [0.15, 0.2) is 5.78 Å². The Hall–Kier alpha value is -1.35. The molecular weight excluding hydrogens is 214 g/mol. The number of ether oxygens (including phenoxy) is 1. The number of aryl methyl sites for hydroxylation is 1. The molecule has 1 fully saturated rings. The van der Waals surface area contributed by atoms with Crippen molar-refractivity contribution in [2.75, 3.05) is 20.2 Å². The molecule has 1 heterocycles. The lowest BCUT2D eigenvalue weighted by atomic mass is 9.81. The highest BCUT2D eigenvalue weighted by atomic mass is 16.5. The van der Waals surface area contributed by atoms with Crippen LogP contribution in [0.1, 0.15) is 29.3 Å². The highest BCUT2D eigenvalue weighted by molar-refractivity contribution is 6.03. The van der Waals surface area contributed by atoms with E-state index in [0.29, 0.717) is 11.3 Å². The fourth-order valence-corrected chi connectivity index (χ4v) is 2.34. The maximum Gasteiger partial charge on any atom is 0.173 e. The van der Waals surface area contributed by atoms with Crippen LogP contribution in [0.4, 0.5) is 0 Å².